The van der Waals surface area contributed by atoms with Crippen molar-refractivity contribution < 1.29 is 0 Å². The lowest BCUT2D eigenvalue weighted by molar-refractivity contribution is 0.182. The molecule has 6 nitrogen and oxygen atoms in total. The molecule has 2 aromatic rings. The minimum atomic E-state index is -0.227. The number of benzene rings is 2. The molecule has 0 bridgehead atoms. The molecule has 0 radical (unpaired) electrons. The van der Waals surface area contributed by atoms with Gasteiger partial charge in [0.15, 0.2) is 4.74 Å². The number of hydrogen-bond donors (Lipinski definition) is 0. The van der Waals surface area contributed by atoms with Crippen LogP contribution in [0, 0.1) is 0 Å². The minimum Gasteiger partial charge on any atom is -0.370 e. The van der Waals surface area contributed by atoms with Crippen LogP contribution >= 0.6 is 15.9 Å². The van der Waals surface area contributed by atoms with Gasteiger partial charge < -0.3 is 9.80 Å². The zero-order valence-corrected chi connectivity index (χ0v) is 16.1. The second-order valence-corrected chi connectivity index (χ2v) is 6.68. The monoisotopic (exact) mass is 400 g/mol. The Morgan fingerprint density at radius 1 is 1.08 bits per heavy atom. The third kappa shape index (κ3) is 4.17. The molecule has 0 amide bonds. The van der Waals surface area contributed by atoms with E-state index in [1.807, 2.05) is 37.2 Å². The highest BCUT2D eigenvalue weighted by Crippen LogP contribution is 2.23. The summed E-state index contributed by atoms with van der Waals surface area (Å²) in [6, 6.07) is 18.5. The summed E-state index contributed by atoms with van der Waals surface area (Å²) in [5, 5.41) is 14.7. The normalized spacial score (nSPS) is 17.3. The molecule has 130 valence electrons. The van der Waals surface area contributed by atoms with E-state index >= 15 is 0 Å². The molecule has 0 saturated heterocycles. The Morgan fingerprint density at radius 2 is 1.76 bits per heavy atom. The molecule has 2 aromatic carbocycles. The van der Waals surface area contributed by atoms with Gasteiger partial charge in [0.2, 0.25) is 6.29 Å². The number of hydrazone groups is 1. The molecule has 1 aliphatic rings. The Hall–Kier alpha value is -2.41. The molecular formula is C18H21BrN6. The Bertz CT molecular complexity index is 759. The highest BCUT2D eigenvalue weighted by molar-refractivity contribution is 9.18. The summed E-state index contributed by atoms with van der Waals surface area (Å²) < 4.78 is 0.747. The van der Waals surface area contributed by atoms with Crippen LogP contribution in [0.1, 0.15) is 5.56 Å². The van der Waals surface area contributed by atoms with E-state index in [1.165, 1.54) is 5.56 Å². The van der Waals surface area contributed by atoms with Crippen molar-refractivity contribution in [1.82, 2.24) is 9.91 Å². The topological polar surface area (TPSA) is 46.8 Å². The standard InChI is InChI=1S/C18H21BrN6/c1-23(13-14-7-5-4-6-8-14)16-11-9-15(10-12-16)20-21-18-24(2)17(19)22-25(18)3/h4-12,18H,13H2,1-3H3. The van der Waals surface area contributed by atoms with Crippen LogP contribution in [0.15, 0.2) is 69.9 Å². The van der Waals surface area contributed by atoms with Crippen molar-refractivity contribution in [3.63, 3.8) is 0 Å². The van der Waals surface area contributed by atoms with Crippen LogP contribution < -0.4 is 4.90 Å². The summed E-state index contributed by atoms with van der Waals surface area (Å²) in [5.41, 5.74) is 3.25. The largest absolute Gasteiger partial charge is 0.370 e. The summed E-state index contributed by atoms with van der Waals surface area (Å²) in [7, 11) is 5.87. The van der Waals surface area contributed by atoms with Gasteiger partial charge in [-0.25, -0.2) is 0 Å². The number of rotatable bonds is 5. The summed E-state index contributed by atoms with van der Waals surface area (Å²) in [6.45, 7) is 0.866. The lowest BCUT2D eigenvalue weighted by Crippen LogP contribution is -2.34. The fraction of sp³-hybridized carbons (Fsp3) is 0.278. The molecule has 0 fully saturated rings. The third-order valence-corrected chi connectivity index (χ3v) is 4.76. The number of anilines is 1. The van der Waals surface area contributed by atoms with Gasteiger partial charge >= 0.3 is 0 Å². The van der Waals surface area contributed by atoms with Crippen LogP contribution in [0.3, 0.4) is 0 Å². The summed E-state index contributed by atoms with van der Waals surface area (Å²) in [6.07, 6.45) is -0.227. The minimum absolute atomic E-state index is 0.227. The van der Waals surface area contributed by atoms with Crippen molar-refractivity contribution in [2.45, 2.75) is 12.8 Å². The molecule has 0 saturated carbocycles. The van der Waals surface area contributed by atoms with E-state index in [-0.39, 0.29) is 6.29 Å². The Morgan fingerprint density at radius 3 is 2.36 bits per heavy atom. The molecule has 3 rings (SSSR count). The molecule has 1 atom stereocenters. The maximum atomic E-state index is 4.37. The molecule has 0 aliphatic carbocycles. The van der Waals surface area contributed by atoms with Crippen molar-refractivity contribution in [2.75, 3.05) is 26.0 Å². The average Bonchev–Trinajstić information content (AvgIpc) is 2.86. The molecule has 1 aliphatic heterocycles. The van der Waals surface area contributed by atoms with E-state index in [0.717, 1.165) is 22.7 Å². The van der Waals surface area contributed by atoms with Crippen LogP contribution in [0.5, 0.6) is 0 Å². The second-order valence-electron chi connectivity index (χ2n) is 5.97. The van der Waals surface area contributed by atoms with Gasteiger partial charge in [-0.05, 0) is 45.8 Å². The molecule has 0 aromatic heterocycles. The number of hydrogen-bond acceptors (Lipinski definition) is 6. The predicted octanol–water partition coefficient (Wildman–Crippen LogP) is 4.23. The van der Waals surface area contributed by atoms with Crippen molar-refractivity contribution in [3.8, 4) is 0 Å². The third-order valence-electron chi connectivity index (χ3n) is 4.04. The first-order chi connectivity index (χ1) is 12.0. The maximum absolute atomic E-state index is 4.37. The van der Waals surface area contributed by atoms with Gasteiger partial charge in [0.1, 0.15) is 0 Å². The van der Waals surface area contributed by atoms with E-state index in [0.29, 0.717) is 0 Å². The Labute approximate surface area is 156 Å². The van der Waals surface area contributed by atoms with E-state index in [9.17, 15) is 0 Å². The fourth-order valence-electron chi connectivity index (χ4n) is 2.59. The molecular weight excluding hydrogens is 380 g/mol. The number of amidine groups is 1. The number of azo groups is 1. The first-order valence-electron chi connectivity index (χ1n) is 8.00. The SMILES string of the molecule is CN(Cc1ccccc1)c1ccc(N=NC2N(C)N=C(Br)N2C)cc1. The highest BCUT2D eigenvalue weighted by atomic mass is 79.9. The quantitative estimate of drug-likeness (QED) is 0.557. The van der Waals surface area contributed by atoms with E-state index < -0.39 is 0 Å². The molecule has 25 heavy (non-hydrogen) atoms. The predicted molar refractivity (Wildman–Crippen MR) is 105 cm³/mol. The molecule has 1 unspecified atom stereocenters. The lowest BCUT2D eigenvalue weighted by atomic mass is 10.2. The zero-order chi connectivity index (χ0) is 17.8. The smallest absolute Gasteiger partial charge is 0.234 e. The van der Waals surface area contributed by atoms with Crippen molar-refractivity contribution in [2.24, 2.45) is 15.3 Å². The lowest BCUT2D eigenvalue weighted by Gasteiger charge is -2.20. The van der Waals surface area contributed by atoms with Gasteiger partial charge in [-0.2, -0.15) is 5.11 Å². The first-order valence-corrected chi connectivity index (χ1v) is 8.79. The van der Waals surface area contributed by atoms with E-state index in [2.05, 4.69) is 79.6 Å². The van der Waals surface area contributed by atoms with Crippen LogP contribution in [0.2, 0.25) is 0 Å². The van der Waals surface area contributed by atoms with Crippen molar-refractivity contribution in [3.05, 3.63) is 60.2 Å². The van der Waals surface area contributed by atoms with Gasteiger partial charge in [0.05, 0.1) is 5.69 Å². The van der Waals surface area contributed by atoms with Crippen LogP contribution in [-0.4, -0.2) is 42.1 Å². The summed E-state index contributed by atoms with van der Waals surface area (Å²) in [5.74, 6) is 0. The Balaban J connectivity index is 1.63. The number of halogens is 1. The van der Waals surface area contributed by atoms with Gasteiger partial charge in [-0.15, -0.1) is 10.2 Å². The molecule has 1 heterocycles. The van der Waals surface area contributed by atoms with Crippen molar-refractivity contribution >= 4 is 32.0 Å². The summed E-state index contributed by atoms with van der Waals surface area (Å²) in [4.78, 5) is 4.12. The fourth-order valence-corrected chi connectivity index (χ4v) is 3.02. The Kier molecular flexibility index (Phi) is 5.33. The zero-order valence-electron chi connectivity index (χ0n) is 14.5. The van der Waals surface area contributed by atoms with Gasteiger partial charge in [-0.3, -0.25) is 5.01 Å². The van der Waals surface area contributed by atoms with Crippen LogP contribution in [0.25, 0.3) is 0 Å². The average molecular weight is 401 g/mol. The van der Waals surface area contributed by atoms with Gasteiger partial charge in [0.25, 0.3) is 0 Å². The van der Waals surface area contributed by atoms with E-state index in [1.54, 1.807) is 5.01 Å². The first kappa shape index (κ1) is 17.4. The molecule has 7 heteroatoms. The summed E-state index contributed by atoms with van der Waals surface area (Å²) >= 11 is 3.39. The number of nitrogens with zero attached hydrogens (tertiary/aromatic N) is 6. The van der Waals surface area contributed by atoms with Crippen LogP contribution in [0.4, 0.5) is 11.4 Å². The van der Waals surface area contributed by atoms with E-state index in [4.69, 9.17) is 0 Å². The second kappa shape index (κ2) is 7.65. The van der Waals surface area contributed by atoms with Crippen molar-refractivity contribution in [1.29, 1.82) is 0 Å². The van der Waals surface area contributed by atoms with Crippen LogP contribution in [-0.2, 0) is 6.54 Å². The van der Waals surface area contributed by atoms with Gasteiger partial charge in [-0.1, -0.05) is 30.3 Å². The molecule has 0 N–H and O–H groups in total. The highest BCUT2D eigenvalue weighted by Gasteiger charge is 2.27. The van der Waals surface area contributed by atoms with Gasteiger partial charge in [0, 0.05) is 33.4 Å². The maximum Gasteiger partial charge on any atom is 0.234 e. The molecule has 0 spiro atoms.